The molecule has 1 unspecified atom stereocenters. The Morgan fingerprint density at radius 1 is 1.61 bits per heavy atom. The maximum atomic E-state index is 12.0. The summed E-state index contributed by atoms with van der Waals surface area (Å²) in [5, 5.41) is 2.80. The summed E-state index contributed by atoms with van der Waals surface area (Å²) in [5.74, 6) is 0.521. The van der Waals surface area contributed by atoms with E-state index >= 15 is 0 Å². The third-order valence-electron chi connectivity index (χ3n) is 2.73. The van der Waals surface area contributed by atoms with Gasteiger partial charge in [0.25, 0.3) is 0 Å². The Morgan fingerprint density at radius 2 is 2.44 bits per heavy atom. The van der Waals surface area contributed by atoms with Crippen molar-refractivity contribution in [3.63, 3.8) is 0 Å². The number of ether oxygens (including phenoxy) is 2. The van der Waals surface area contributed by atoms with Crippen LogP contribution in [0.3, 0.4) is 0 Å². The van der Waals surface area contributed by atoms with Gasteiger partial charge in [0.2, 0.25) is 5.88 Å². The van der Waals surface area contributed by atoms with Gasteiger partial charge in [-0.15, -0.1) is 0 Å². The zero-order valence-electron chi connectivity index (χ0n) is 10.5. The largest absolute Gasteiger partial charge is 0.481 e. The lowest BCUT2D eigenvalue weighted by molar-refractivity contribution is -0.00138. The van der Waals surface area contributed by atoms with Gasteiger partial charge in [0.1, 0.15) is 0 Å². The Labute approximate surface area is 106 Å². The summed E-state index contributed by atoms with van der Waals surface area (Å²) in [6, 6.07) is 3.34. The molecular weight excluding hydrogens is 234 g/mol. The van der Waals surface area contributed by atoms with Crippen LogP contribution in [0.5, 0.6) is 5.88 Å². The first kappa shape index (κ1) is 12.6. The van der Waals surface area contributed by atoms with Gasteiger partial charge in [-0.25, -0.2) is 9.78 Å². The van der Waals surface area contributed by atoms with Gasteiger partial charge >= 0.3 is 6.03 Å². The molecule has 2 rings (SSSR count). The van der Waals surface area contributed by atoms with Crippen molar-refractivity contribution >= 4 is 11.7 Å². The summed E-state index contributed by atoms with van der Waals surface area (Å²) in [7, 11) is 1.55. The fourth-order valence-electron chi connectivity index (χ4n) is 1.78. The molecule has 1 atom stereocenters. The van der Waals surface area contributed by atoms with Crippen molar-refractivity contribution in [1.29, 1.82) is 0 Å². The van der Waals surface area contributed by atoms with E-state index < -0.39 is 0 Å². The van der Waals surface area contributed by atoms with Crippen LogP contribution in [-0.4, -0.2) is 48.8 Å². The predicted molar refractivity (Wildman–Crippen MR) is 66.8 cm³/mol. The molecule has 1 fully saturated rings. The molecule has 0 bridgehead atoms. The minimum absolute atomic E-state index is 0.0819. The number of morpholine rings is 1. The standard InChI is InChI=1S/C12H17N3O3/c1-9-8-15(5-6-18-9)12(16)14-10-3-4-11(17-2)13-7-10/h3-4,7,9H,5-6,8H2,1-2H3,(H,14,16). The number of carbonyl (C=O) groups is 1. The first-order chi connectivity index (χ1) is 8.69. The second-order valence-electron chi connectivity index (χ2n) is 4.15. The van der Waals surface area contributed by atoms with Crippen molar-refractivity contribution in [2.45, 2.75) is 13.0 Å². The van der Waals surface area contributed by atoms with Crippen LogP contribution < -0.4 is 10.1 Å². The van der Waals surface area contributed by atoms with Crippen molar-refractivity contribution in [2.75, 3.05) is 32.1 Å². The number of aromatic nitrogens is 1. The second-order valence-corrected chi connectivity index (χ2v) is 4.15. The normalized spacial score (nSPS) is 19.4. The highest BCUT2D eigenvalue weighted by Gasteiger charge is 2.21. The number of hydrogen-bond donors (Lipinski definition) is 1. The molecule has 0 aliphatic carbocycles. The molecule has 1 aromatic rings. The maximum Gasteiger partial charge on any atom is 0.322 e. The zero-order valence-corrected chi connectivity index (χ0v) is 10.5. The molecule has 1 N–H and O–H groups in total. The van der Waals surface area contributed by atoms with Crippen LogP contribution in [0, 0.1) is 0 Å². The molecule has 98 valence electrons. The van der Waals surface area contributed by atoms with Crippen molar-refractivity contribution < 1.29 is 14.3 Å². The van der Waals surface area contributed by atoms with Crippen molar-refractivity contribution in [3.05, 3.63) is 18.3 Å². The SMILES string of the molecule is COc1ccc(NC(=O)N2CCOC(C)C2)cn1. The highest BCUT2D eigenvalue weighted by Crippen LogP contribution is 2.12. The average Bonchev–Trinajstić information content (AvgIpc) is 2.39. The van der Waals surface area contributed by atoms with Gasteiger partial charge in [0.15, 0.2) is 0 Å². The van der Waals surface area contributed by atoms with Gasteiger partial charge in [-0.3, -0.25) is 0 Å². The third kappa shape index (κ3) is 3.10. The molecule has 2 heterocycles. The molecule has 1 aliphatic rings. The van der Waals surface area contributed by atoms with E-state index in [1.807, 2.05) is 6.92 Å². The van der Waals surface area contributed by atoms with E-state index in [0.717, 1.165) is 0 Å². The monoisotopic (exact) mass is 251 g/mol. The molecule has 18 heavy (non-hydrogen) atoms. The van der Waals surface area contributed by atoms with Crippen molar-refractivity contribution in [3.8, 4) is 5.88 Å². The number of hydrogen-bond acceptors (Lipinski definition) is 4. The number of methoxy groups -OCH3 is 1. The molecule has 1 aromatic heterocycles. The molecule has 0 radical (unpaired) electrons. The van der Waals surface area contributed by atoms with Crippen LogP contribution in [0.1, 0.15) is 6.92 Å². The van der Waals surface area contributed by atoms with E-state index in [4.69, 9.17) is 9.47 Å². The van der Waals surface area contributed by atoms with E-state index in [9.17, 15) is 4.79 Å². The molecule has 0 aromatic carbocycles. The van der Waals surface area contributed by atoms with Gasteiger partial charge in [0.05, 0.1) is 31.7 Å². The Balaban J connectivity index is 1.93. The highest BCUT2D eigenvalue weighted by atomic mass is 16.5. The minimum Gasteiger partial charge on any atom is -0.481 e. The highest BCUT2D eigenvalue weighted by molar-refractivity contribution is 5.89. The van der Waals surface area contributed by atoms with Gasteiger partial charge in [-0.05, 0) is 13.0 Å². The van der Waals surface area contributed by atoms with Crippen molar-refractivity contribution in [2.24, 2.45) is 0 Å². The van der Waals surface area contributed by atoms with E-state index in [1.165, 1.54) is 0 Å². The Bertz CT molecular complexity index is 408. The number of rotatable bonds is 2. The Hall–Kier alpha value is -1.82. The number of nitrogens with one attached hydrogen (secondary N) is 1. The minimum atomic E-state index is -0.128. The van der Waals surface area contributed by atoms with Crippen LogP contribution in [0.25, 0.3) is 0 Å². The molecular formula is C12H17N3O3. The van der Waals surface area contributed by atoms with Crippen LogP contribution in [-0.2, 0) is 4.74 Å². The maximum absolute atomic E-state index is 12.0. The molecule has 0 saturated carbocycles. The lowest BCUT2D eigenvalue weighted by Crippen LogP contribution is -2.46. The summed E-state index contributed by atoms with van der Waals surface area (Å²) in [6.45, 7) is 3.75. The molecule has 2 amide bonds. The lowest BCUT2D eigenvalue weighted by Gasteiger charge is -2.31. The van der Waals surface area contributed by atoms with Gasteiger partial charge in [0, 0.05) is 19.2 Å². The quantitative estimate of drug-likeness (QED) is 0.861. The van der Waals surface area contributed by atoms with Gasteiger partial charge in [-0.2, -0.15) is 0 Å². The zero-order chi connectivity index (χ0) is 13.0. The lowest BCUT2D eigenvalue weighted by atomic mass is 10.3. The number of amides is 2. The van der Waals surface area contributed by atoms with Crippen LogP contribution in [0.4, 0.5) is 10.5 Å². The van der Waals surface area contributed by atoms with Gasteiger partial charge < -0.3 is 19.7 Å². The summed E-state index contributed by atoms with van der Waals surface area (Å²) in [4.78, 5) is 17.7. The van der Waals surface area contributed by atoms with E-state index in [2.05, 4.69) is 10.3 Å². The molecule has 6 nitrogen and oxygen atoms in total. The predicted octanol–water partition coefficient (Wildman–Crippen LogP) is 1.34. The van der Waals surface area contributed by atoms with Crippen LogP contribution >= 0.6 is 0 Å². The summed E-state index contributed by atoms with van der Waals surface area (Å²) < 4.78 is 10.3. The molecule has 1 aliphatic heterocycles. The smallest absolute Gasteiger partial charge is 0.322 e. The molecule has 6 heteroatoms. The van der Waals surface area contributed by atoms with Gasteiger partial charge in [-0.1, -0.05) is 0 Å². The summed E-state index contributed by atoms with van der Waals surface area (Å²) >= 11 is 0. The summed E-state index contributed by atoms with van der Waals surface area (Å²) in [6.07, 6.45) is 1.65. The first-order valence-electron chi connectivity index (χ1n) is 5.86. The Morgan fingerprint density at radius 3 is 3.06 bits per heavy atom. The van der Waals surface area contributed by atoms with Crippen molar-refractivity contribution in [1.82, 2.24) is 9.88 Å². The number of carbonyl (C=O) groups excluding carboxylic acids is 1. The molecule has 1 saturated heterocycles. The fourth-order valence-corrected chi connectivity index (χ4v) is 1.78. The Kier molecular flexibility index (Phi) is 3.99. The van der Waals surface area contributed by atoms with Crippen LogP contribution in [0.2, 0.25) is 0 Å². The van der Waals surface area contributed by atoms with Crippen LogP contribution in [0.15, 0.2) is 18.3 Å². The number of anilines is 1. The fraction of sp³-hybridized carbons (Fsp3) is 0.500. The third-order valence-corrected chi connectivity index (χ3v) is 2.73. The number of urea groups is 1. The topological polar surface area (TPSA) is 63.7 Å². The number of pyridine rings is 1. The summed E-state index contributed by atoms with van der Waals surface area (Å²) in [5.41, 5.74) is 0.653. The molecule has 0 spiro atoms. The van der Waals surface area contributed by atoms with E-state index in [1.54, 1.807) is 30.3 Å². The van der Waals surface area contributed by atoms with E-state index in [0.29, 0.717) is 31.3 Å². The first-order valence-corrected chi connectivity index (χ1v) is 5.86. The van der Waals surface area contributed by atoms with E-state index in [-0.39, 0.29) is 12.1 Å². The number of nitrogens with zero attached hydrogens (tertiary/aromatic N) is 2. The second kappa shape index (κ2) is 5.68. The average molecular weight is 251 g/mol.